The van der Waals surface area contributed by atoms with Gasteiger partial charge in [0.15, 0.2) is 17.3 Å². The number of furan rings is 1. The lowest BCUT2D eigenvalue weighted by molar-refractivity contribution is 0.0929. The molecule has 4 rings (SSSR count). The number of carbonyl (C=O) groups is 1. The lowest BCUT2D eigenvalue weighted by atomic mass is 10.2. The highest BCUT2D eigenvalue weighted by molar-refractivity contribution is 9.10. The van der Waals surface area contributed by atoms with Gasteiger partial charge >= 0.3 is 5.91 Å². The Morgan fingerprint density at radius 1 is 1.06 bits per heavy atom. The van der Waals surface area contributed by atoms with Gasteiger partial charge in [0.05, 0.1) is 12.8 Å². The number of nitrogens with one attached hydrogen (secondary N) is 1. The summed E-state index contributed by atoms with van der Waals surface area (Å²) in [7, 11) is 0. The number of hydrazone groups is 1. The van der Waals surface area contributed by atoms with Gasteiger partial charge in [-0.25, -0.2) is 9.82 Å². The smallest absolute Gasteiger partial charge is 0.307 e. The molecule has 1 amide bonds. The Bertz CT molecular complexity index is 1300. The van der Waals surface area contributed by atoms with E-state index in [4.69, 9.17) is 13.9 Å². The summed E-state index contributed by atoms with van der Waals surface area (Å²) >= 11 is 3.39. The van der Waals surface area contributed by atoms with Crippen LogP contribution in [0, 0.1) is 5.82 Å². The van der Waals surface area contributed by atoms with E-state index in [1.165, 1.54) is 18.3 Å². The summed E-state index contributed by atoms with van der Waals surface area (Å²) in [6, 6.07) is 18.6. The first-order valence-corrected chi connectivity index (χ1v) is 11.0. The van der Waals surface area contributed by atoms with Gasteiger partial charge in [0, 0.05) is 9.86 Å². The highest BCUT2D eigenvalue weighted by atomic mass is 79.9. The average molecular weight is 511 g/mol. The Morgan fingerprint density at radius 2 is 1.88 bits per heavy atom. The second-order valence-electron chi connectivity index (χ2n) is 7.05. The molecule has 0 aliphatic rings. The monoisotopic (exact) mass is 510 g/mol. The molecule has 0 bridgehead atoms. The van der Waals surface area contributed by atoms with Gasteiger partial charge in [-0.15, -0.1) is 0 Å². The molecule has 33 heavy (non-hydrogen) atoms. The minimum atomic E-state index is -0.456. The third kappa shape index (κ3) is 5.78. The van der Waals surface area contributed by atoms with Gasteiger partial charge in [-0.1, -0.05) is 28.1 Å². The van der Waals surface area contributed by atoms with Crippen molar-refractivity contribution in [2.24, 2.45) is 5.10 Å². The van der Waals surface area contributed by atoms with Gasteiger partial charge in [-0.3, -0.25) is 4.79 Å². The number of fused-ring (bicyclic) bond motifs is 1. The van der Waals surface area contributed by atoms with Gasteiger partial charge < -0.3 is 13.9 Å². The number of hydrogen-bond acceptors (Lipinski definition) is 5. The molecule has 0 aliphatic heterocycles. The Labute approximate surface area is 198 Å². The molecular formula is C25H20BrFN2O4. The molecule has 4 aromatic rings. The quantitative estimate of drug-likeness (QED) is 0.230. The maximum Gasteiger partial charge on any atom is 0.307 e. The fourth-order valence-corrected chi connectivity index (χ4v) is 3.46. The fraction of sp³-hybridized carbons (Fsp3) is 0.120. The summed E-state index contributed by atoms with van der Waals surface area (Å²) in [6.07, 6.45) is 1.50. The molecule has 8 heteroatoms. The minimum Gasteiger partial charge on any atom is -0.490 e. The fourth-order valence-electron chi connectivity index (χ4n) is 3.08. The van der Waals surface area contributed by atoms with E-state index in [-0.39, 0.29) is 18.2 Å². The summed E-state index contributed by atoms with van der Waals surface area (Å²) < 4.78 is 31.0. The van der Waals surface area contributed by atoms with E-state index in [9.17, 15) is 9.18 Å². The van der Waals surface area contributed by atoms with Crippen molar-refractivity contribution in [2.45, 2.75) is 13.5 Å². The van der Waals surface area contributed by atoms with Crippen molar-refractivity contribution in [3.05, 3.63) is 93.9 Å². The minimum absolute atomic E-state index is 0.166. The van der Waals surface area contributed by atoms with Crippen LogP contribution in [0.3, 0.4) is 0 Å². The molecule has 1 N–H and O–H groups in total. The molecule has 0 saturated heterocycles. The van der Waals surface area contributed by atoms with Crippen LogP contribution in [-0.2, 0) is 6.61 Å². The molecule has 0 aliphatic carbocycles. The lowest BCUT2D eigenvalue weighted by Gasteiger charge is -2.12. The van der Waals surface area contributed by atoms with Crippen LogP contribution in [0.5, 0.6) is 11.5 Å². The van der Waals surface area contributed by atoms with Crippen LogP contribution in [0.2, 0.25) is 0 Å². The zero-order valence-electron chi connectivity index (χ0n) is 17.7. The van der Waals surface area contributed by atoms with Crippen molar-refractivity contribution < 1.29 is 23.1 Å². The number of halogens is 2. The normalized spacial score (nSPS) is 11.1. The number of nitrogens with zero attached hydrogens (tertiary/aromatic N) is 1. The zero-order valence-corrected chi connectivity index (χ0v) is 19.3. The van der Waals surface area contributed by atoms with Crippen LogP contribution in [0.1, 0.15) is 28.6 Å². The van der Waals surface area contributed by atoms with Gasteiger partial charge in [0.25, 0.3) is 0 Å². The van der Waals surface area contributed by atoms with E-state index in [2.05, 4.69) is 26.5 Å². The topological polar surface area (TPSA) is 73.1 Å². The Hall–Kier alpha value is -3.65. The number of benzene rings is 3. The molecule has 0 atom stereocenters. The van der Waals surface area contributed by atoms with E-state index in [1.54, 1.807) is 42.5 Å². The summed E-state index contributed by atoms with van der Waals surface area (Å²) in [4.78, 5) is 12.4. The second-order valence-corrected chi connectivity index (χ2v) is 7.96. The van der Waals surface area contributed by atoms with Crippen molar-refractivity contribution in [2.75, 3.05) is 6.61 Å². The maximum atomic E-state index is 13.1. The molecular weight excluding hydrogens is 491 g/mol. The molecule has 0 unspecified atom stereocenters. The summed E-state index contributed by atoms with van der Waals surface area (Å²) in [6.45, 7) is 2.60. The molecule has 6 nitrogen and oxygen atoms in total. The molecule has 0 spiro atoms. The van der Waals surface area contributed by atoms with E-state index >= 15 is 0 Å². The summed E-state index contributed by atoms with van der Waals surface area (Å²) in [5, 5.41) is 4.83. The average Bonchev–Trinajstić information content (AvgIpc) is 3.23. The first kappa shape index (κ1) is 22.5. The number of rotatable bonds is 8. The first-order chi connectivity index (χ1) is 16.0. The molecule has 1 aromatic heterocycles. The highest BCUT2D eigenvalue weighted by Gasteiger charge is 2.12. The summed E-state index contributed by atoms with van der Waals surface area (Å²) in [5.41, 5.74) is 4.63. The van der Waals surface area contributed by atoms with Gasteiger partial charge in [0.1, 0.15) is 18.0 Å². The largest absolute Gasteiger partial charge is 0.490 e. The van der Waals surface area contributed by atoms with E-state index in [0.29, 0.717) is 29.3 Å². The van der Waals surface area contributed by atoms with Crippen LogP contribution in [-0.4, -0.2) is 18.7 Å². The third-order valence-electron chi connectivity index (χ3n) is 4.66. The van der Waals surface area contributed by atoms with Gasteiger partial charge in [-0.05, 0) is 72.6 Å². The van der Waals surface area contributed by atoms with Gasteiger partial charge in [-0.2, -0.15) is 5.10 Å². The Balaban J connectivity index is 1.41. The zero-order chi connectivity index (χ0) is 23.2. The standard InChI is InChI=1S/C25H20BrFN2O4/c1-2-31-23-11-17(5-9-22(23)32-15-16-3-7-20(27)8-4-16)14-28-29-25(30)24-13-18-12-19(26)6-10-21(18)33-24/h3-14H,2,15H2,1H3,(H,29,30). The lowest BCUT2D eigenvalue weighted by Crippen LogP contribution is -2.16. The van der Waals surface area contributed by atoms with E-state index < -0.39 is 5.91 Å². The molecule has 0 fully saturated rings. The number of amides is 1. The molecule has 168 valence electrons. The molecule has 3 aromatic carbocycles. The van der Waals surface area contributed by atoms with Crippen molar-refractivity contribution in [1.29, 1.82) is 0 Å². The Morgan fingerprint density at radius 3 is 2.67 bits per heavy atom. The first-order valence-electron chi connectivity index (χ1n) is 10.2. The van der Waals surface area contributed by atoms with Crippen LogP contribution in [0.15, 0.2) is 80.7 Å². The van der Waals surface area contributed by atoms with Crippen molar-refractivity contribution in [3.8, 4) is 11.5 Å². The summed E-state index contributed by atoms with van der Waals surface area (Å²) in [5.74, 6) is 0.508. The van der Waals surface area contributed by atoms with Crippen molar-refractivity contribution >= 4 is 39.0 Å². The van der Waals surface area contributed by atoms with Gasteiger partial charge in [0.2, 0.25) is 0 Å². The van der Waals surface area contributed by atoms with Crippen molar-refractivity contribution in [1.82, 2.24) is 5.43 Å². The van der Waals surface area contributed by atoms with E-state index in [1.807, 2.05) is 19.1 Å². The predicted octanol–water partition coefficient (Wildman–Crippen LogP) is 6.08. The van der Waals surface area contributed by atoms with Crippen LogP contribution in [0.4, 0.5) is 4.39 Å². The third-order valence-corrected chi connectivity index (χ3v) is 5.15. The van der Waals surface area contributed by atoms with Crippen molar-refractivity contribution in [3.63, 3.8) is 0 Å². The highest BCUT2D eigenvalue weighted by Crippen LogP contribution is 2.29. The van der Waals surface area contributed by atoms with Crippen LogP contribution < -0.4 is 14.9 Å². The Kier molecular flexibility index (Phi) is 7.04. The number of hydrogen-bond donors (Lipinski definition) is 1. The van der Waals surface area contributed by atoms with E-state index in [0.717, 1.165) is 15.4 Å². The second kappa shape index (κ2) is 10.3. The van der Waals surface area contributed by atoms with Crippen LogP contribution in [0.25, 0.3) is 11.0 Å². The number of carbonyl (C=O) groups excluding carboxylic acids is 1. The SMILES string of the molecule is CCOc1cc(C=NNC(=O)c2cc3cc(Br)ccc3o2)ccc1OCc1ccc(F)cc1. The number of ether oxygens (including phenoxy) is 2. The molecule has 1 heterocycles. The van der Waals surface area contributed by atoms with Crippen LogP contribution >= 0.6 is 15.9 Å². The molecule has 0 saturated carbocycles. The predicted molar refractivity (Wildman–Crippen MR) is 127 cm³/mol. The molecule has 0 radical (unpaired) electrons. The maximum absolute atomic E-state index is 13.1.